The summed E-state index contributed by atoms with van der Waals surface area (Å²) >= 11 is 7.92. The number of amidine groups is 1. The lowest BCUT2D eigenvalue weighted by atomic mass is 9.95. The normalized spacial score (nSPS) is 18.2. The van der Waals surface area contributed by atoms with Crippen LogP contribution < -0.4 is 19.4 Å². The molecule has 0 aromatic heterocycles. The number of para-hydroxylation sites is 2. The van der Waals surface area contributed by atoms with Gasteiger partial charge in [-0.15, -0.1) is 0 Å². The average Bonchev–Trinajstić information content (AvgIpc) is 2.85. The number of benzene rings is 2. The van der Waals surface area contributed by atoms with Crippen molar-refractivity contribution in [1.29, 1.82) is 0 Å². The molecule has 2 aliphatic carbocycles. The predicted octanol–water partition coefficient (Wildman–Crippen LogP) is 7.03. The van der Waals surface area contributed by atoms with E-state index in [4.69, 9.17) is 20.9 Å². The van der Waals surface area contributed by atoms with Crippen molar-refractivity contribution in [2.45, 2.75) is 104 Å². The van der Waals surface area contributed by atoms with E-state index < -0.39 is 5.69 Å². The first-order valence-electron chi connectivity index (χ1n) is 13.5. The van der Waals surface area contributed by atoms with Gasteiger partial charge in [0.2, 0.25) is 0 Å². The Morgan fingerprint density at radius 3 is 1.69 bits per heavy atom. The molecule has 2 N–H and O–H groups in total. The van der Waals surface area contributed by atoms with E-state index in [1.54, 1.807) is 11.4 Å². The Kier molecular flexibility index (Phi) is 9.83. The number of hydrogen-bond donors (Lipinski definition) is 2. The first-order valence-corrected chi connectivity index (χ1v) is 17.6. The maximum absolute atomic E-state index is 6.75. The van der Waals surface area contributed by atoms with Crippen LogP contribution in [0.1, 0.15) is 86.5 Å². The van der Waals surface area contributed by atoms with E-state index >= 15 is 0 Å². The van der Waals surface area contributed by atoms with Gasteiger partial charge in [0.15, 0.2) is 0 Å². The molecule has 4 nitrogen and oxygen atoms in total. The quantitative estimate of drug-likeness (QED) is 0.222. The zero-order chi connectivity index (χ0) is 25.5. The van der Waals surface area contributed by atoms with Crippen LogP contribution in [0.2, 0.25) is 0 Å². The van der Waals surface area contributed by atoms with E-state index in [-0.39, 0.29) is 0 Å². The zero-order valence-electron chi connectivity index (χ0n) is 22.3. The Bertz CT molecular complexity index is 1010. The smallest absolute Gasteiger partial charge is 0.360 e. The standard InChI is InChI=1S/C29H41N2O2PS2/c1-21-13-11-14-22(2)27(21)32-34(35,33-28-23(3)15-12-16-24(28)4)36-29(30-25-17-7-5-8-18-25)31-26-19-9-6-10-20-26/h11-16,25-26H,5-10,17-20H2,1-4H3,(H,30,31)/p+1. The van der Waals surface area contributed by atoms with Crippen molar-refractivity contribution in [3.8, 4) is 11.5 Å². The molecule has 0 saturated heterocycles. The molecule has 2 saturated carbocycles. The van der Waals surface area contributed by atoms with E-state index in [1.807, 2.05) is 0 Å². The molecule has 2 aromatic carbocycles. The number of rotatable bonds is 7. The van der Waals surface area contributed by atoms with Gasteiger partial charge in [-0.2, -0.15) is 0 Å². The molecule has 2 aliphatic rings. The third-order valence-corrected chi connectivity index (χ3v) is 11.5. The second kappa shape index (κ2) is 12.8. The van der Waals surface area contributed by atoms with Gasteiger partial charge in [-0.3, -0.25) is 10.3 Å². The Morgan fingerprint density at radius 1 is 0.778 bits per heavy atom. The van der Waals surface area contributed by atoms with Crippen molar-refractivity contribution in [2.24, 2.45) is 0 Å². The summed E-state index contributed by atoms with van der Waals surface area (Å²) in [6.07, 6.45) is 12.6. The molecular formula is C29H42N2O2PS2+. The Balaban J connectivity index is 1.69. The van der Waals surface area contributed by atoms with Gasteiger partial charge >= 0.3 is 10.9 Å². The van der Waals surface area contributed by atoms with E-state index in [0.717, 1.165) is 38.9 Å². The van der Waals surface area contributed by atoms with Crippen molar-refractivity contribution < 1.29 is 14.0 Å². The fourth-order valence-corrected chi connectivity index (χ4v) is 9.81. The third kappa shape index (κ3) is 7.52. The third-order valence-electron chi connectivity index (χ3n) is 7.31. The average molecular weight is 546 g/mol. The molecule has 0 bridgehead atoms. The van der Waals surface area contributed by atoms with E-state index in [1.165, 1.54) is 64.2 Å². The van der Waals surface area contributed by atoms with Gasteiger partial charge in [0.25, 0.3) is 0 Å². The highest BCUT2D eigenvalue weighted by molar-refractivity contribution is 8.73. The maximum Gasteiger partial charge on any atom is 0.360 e. The van der Waals surface area contributed by atoms with Gasteiger partial charge in [0.1, 0.15) is 11.5 Å². The highest BCUT2D eigenvalue weighted by atomic mass is 32.9. The molecule has 2 fully saturated rings. The van der Waals surface area contributed by atoms with Crippen LogP contribution in [0.25, 0.3) is 0 Å². The Labute approximate surface area is 227 Å². The second-order valence-corrected chi connectivity index (χ2v) is 16.4. The summed E-state index contributed by atoms with van der Waals surface area (Å²) in [4.78, 5) is 3.86. The van der Waals surface area contributed by atoms with Gasteiger partial charge in [-0.1, -0.05) is 49.2 Å². The van der Waals surface area contributed by atoms with Crippen LogP contribution in [0.15, 0.2) is 36.4 Å². The number of hydrogen-bond acceptors (Lipinski definition) is 4. The minimum Gasteiger partial charge on any atom is -0.427 e. The monoisotopic (exact) mass is 545 g/mol. The van der Waals surface area contributed by atoms with Gasteiger partial charge in [0.05, 0.1) is 23.5 Å². The summed E-state index contributed by atoms with van der Waals surface area (Å²) in [5.41, 5.74) is 1.45. The molecule has 0 unspecified atom stereocenters. The number of aryl methyl sites for hydroxylation is 4. The molecule has 0 spiro atoms. The van der Waals surface area contributed by atoms with E-state index in [2.05, 4.69) is 74.4 Å². The van der Waals surface area contributed by atoms with Gasteiger partial charge < -0.3 is 9.05 Å². The summed E-state index contributed by atoms with van der Waals surface area (Å²) < 4.78 is 13.5. The molecule has 0 aliphatic heterocycles. The molecule has 7 heteroatoms. The molecule has 0 atom stereocenters. The first-order chi connectivity index (χ1) is 17.3. The van der Waals surface area contributed by atoms with E-state index in [9.17, 15) is 0 Å². The Hall–Kier alpha value is -1.49. The van der Waals surface area contributed by atoms with Crippen LogP contribution in [0.5, 0.6) is 11.5 Å². The molecule has 0 amide bonds. The second-order valence-electron chi connectivity index (χ2n) is 10.5. The molecule has 2 aromatic rings. The molecule has 0 heterocycles. The summed E-state index contributed by atoms with van der Waals surface area (Å²) in [7, 11) is 0. The van der Waals surface area contributed by atoms with Crippen LogP contribution in [0.3, 0.4) is 0 Å². The lowest BCUT2D eigenvalue weighted by molar-refractivity contribution is -0.506. The van der Waals surface area contributed by atoms with Crippen LogP contribution in [-0.2, 0) is 11.8 Å². The van der Waals surface area contributed by atoms with Gasteiger partial charge in [-0.25, -0.2) is 0 Å². The van der Waals surface area contributed by atoms with Crippen LogP contribution >= 0.6 is 17.1 Å². The summed E-state index contributed by atoms with van der Waals surface area (Å²) in [5, 5.41) is 4.90. The Morgan fingerprint density at radius 2 is 1.22 bits per heavy atom. The topological polar surface area (TPSA) is 44.5 Å². The van der Waals surface area contributed by atoms with Crippen molar-refractivity contribution in [3.05, 3.63) is 58.7 Å². The number of nitrogens with one attached hydrogen (secondary N) is 2. The summed E-state index contributed by atoms with van der Waals surface area (Å²) in [6.45, 7) is 8.32. The van der Waals surface area contributed by atoms with Gasteiger partial charge in [0, 0.05) is 11.8 Å². The van der Waals surface area contributed by atoms with Crippen LogP contribution in [0.4, 0.5) is 0 Å². The minimum atomic E-state index is -2.87. The lowest BCUT2D eigenvalue weighted by Crippen LogP contribution is -2.82. The van der Waals surface area contributed by atoms with Crippen LogP contribution in [0, 0.1) is 27.7 Å². The molecule has 196 valence electrons. The van der Waals surface area contributed by atoms with E-state index in [0.29, 0.717) is 12.1 Å². The predicted molar refractivity (Wildman–Crippen MR) is 158 cm³/mol. The maximum atomic E-state index is 6.75. The summed E-state index contributed by atoms with van der Waals surface area (Å²) in [5.74, 6) is 1.68. The highest BCUT2D eigenvalue weighted by Gasteiger charge is 2.34. The van der Waals surface area contributed by atoms with Crippen molar-refractivity contribution in [2.75, 3.05) is 0 Å². The lowest BCUT2D eigenvalue weighted by Gasteiger charge is -2.27. The van der Waals surface area contributed by atoms with Crippen LogP contribution in [-0.4, -0.2) is 17.3 Å². The van der Waals surface area contributed by atoms with Gasteiger partial charge in [-0.05, 0) is 101 Å². The first kappa shape index (κ1) is 27.5. The fourth-order valence-electron chi connectivity index (χ4n) is 5.24. The SMILES string of the molecule is Cc1cccc(C)c1OP(=S)(Oc1c(C)cccc1C)SC(NC1CCCCC1)=[NH+]C1CCCCC1. The molecular weight excluding hydrogens is 503 g/mol. The largest absolute Gasteiger partial charge is 0.427 e. The fraction of sp³-hybridized carbons (Fsp3) is 0.552. The minimum absolute atomic E-state index is 0.473. The molecule has 36 heavy (non-hydrogen) atoms. The van der Waals surface area contributed by atoms with Crippen molar-refractivity contribution >= 4 is 34.0 Å². The highest BCUT2D eigenvalue weighted by Crippen LogP contribution is 2.61. The van der Waals surface area contributed by atoms with Crippen molar-refractivity contribution in [1.82, 2.24) is 5.32 Å². The molecule has 4 rings (SSSR count). The van der Waals surface area contributed by atoms with Crippen molar-refractivity contribution in [3.63, 3.8) is 0 Å². The summed E-state index contributed by atoms with van der Waals surface area (Å²) in [6, 6.07) is 13.4. The zero-order valence-corrected chi connectivity index (χ0v) is 24.8. The molecule has 0 radical (unpaired) electrons.